The van der Waals surface area contributed by atoms with Gasteiger partial charge in [-0.15, -0.1) is 0 Å². The number of nitrogens with two attached hydrogens (primary N) is 2. The number of hydrogen-bond donors (Lipinski definition) is 2. The number of anilines is 2. The van der Waals surface area contributed by atoms with Crippen LogP contribution < -0.4 is 16.4 Å². The van der Waals surface area contributed by atoms with Crippen molar-refractivity contribution in [3.63, 3.8) is 0 Å². The van der Waals surface area contributed by atoms with Gasteiger partial charge in [0.1, 0.15) is 0 Å². The number of hydrogen-bond acceptors (Lipinski definition) is 4. The van der Waals surface area contributed by atoms with Crippen LogP contribution in [0.3, 0.4) is 0 Å². The van der Waals surface area contributed by atoms with Gasteiger partial charge < -0.3 is 16.4 Å². The molecule has 0 bridgehead atoms. The van der Waals surface area contributed by atoms with Gasteiger partial charge >= 0.3 is 0 Å². The fourth-order valence-corrected chi connectivity index (χ4v) is 2.10. The van der Waals surface area contributed by atoms with Crippen molar-refractivity contribution in [1.82, 2.24) is 4.98 Å². The molecule has 17 heavy (non-hydrogen) atoms. The highest BCUT2D eigenvalue weighted by molar-refractivity contribution is 9.10. The summed E-state index contributed by atoms with van der Waals surface area (Å²) >= 11 is 3.24. The van der Waals surface area contributed by atoms with Gasteiger partial charge in [0.25, 0.3) is 0 Å². The summed E-state index contributed by atoms with van der Waals surface area (Å²) in [4.78, 5) is 28.2. The second-order valence-corrected chi connectivity index (χ2v) is 4.72. The Balaban J connectivity index is 2.32. The minimum absolute atomic E-state index is 0.126. The second-order valence-electron chi connectivity index (χ2n) is 3.86. The van der Waals surface area contributed by atoms with Crippen LogP contribution in [-0.4, -0.2) is 23.3 Å². The second kappa shape index (κ2) is 4.33. The maximum absolute atomic E-state index is 11.8. The molecule has 2 rings (SSSR count). The number of halogens is 1. The molecule has 1 aromatic heterocycles. The molecule has 1 unspecified atom stereocenters. The Morgan fingerprint density at radius 3 is 2.82 bits per heavy atom. The molecule has 1 fully saturated rings. The first-order valence-corrected chi connectivity index (χ1v) is 5.78. The van der Waals surface area contributed by atoms with Gasteiger partial charge in [0, 0.05) is 19.2 Å². The van der Waals surface area contributed by atoms with Crippen molar-refractivity contribution in [1.29, 1.82) is 0 Å². The minimum atomic E-state index is -0.470. The first-order valence-electron chi connectivity index (χ1n) is 4.99. The van der Waals surface area contributed by atoms with Gasteiger partial charge in [0.05, 0.1) is 28.0 Å². The number of carbonyl (C=O) groups is 2. The van der Waals surface area contributed by atoms with Crippen LogP contribution in [-0.2, 0) is 9.59 Å². The van der Waals surface area contributed by atoms with E-state index in [-0.39, 0.29) is 18.9 Å². The first-order chi connectivity index (χ1) is 8.00. The summed E-state index contributed by atoms with van der Waals surface area (Å²) in [6.45, 7) is 0.260. The Labute approximate surface area is 106 Å². The molecule has 90 valence electrons. The third-order valence-electron chi connectivity index (χ3n) is 2.74. The standard InChI is InChI=1S/C10H11BrN4O2/c11-6-2-14-3-7(9(6)12)15-4-5(10(13)17)1-8(15)16/h2-3,5H,1,4H2,(H2,12,14)(H2,13,17). The van der Waals surface area contributed by atoms with Crippen LogP contribution in [0.15, 0.2) is 16.9 Å². The van der Waals surface area contributed by atoms with E-state index in [1.54, 1.807) is 6.20 Å². The van der Waals surface area contributed by atoms with Gasteiger partial charge in [-0.1, -0.05) is 0 Å². The average Bonchev–Trinajstić information content (AvgIpc) is 2.65. The summed E-state index contributed by atoms with van der Waals surface area (Å²) in [6.07, 6.45) is 3.17. The number of amides is 2. The number of nitrogens with zero attached hydrogens (tertiary/aromatic N) is 2. The lowest BCUT2D eigenvalue weighted by Crippen LogP contribution is -2.29. The lowest BCUT2D eigenvalue weighted by Gasteiger charge is -2.18. The van der Waals surface area contributed by atoms with Crippen molar-refractivity contribution in [2.24, 2.45) is 11.7 Å². The van der Waals surface area contributed by atoms with Crippen LogP contribution in [0.4, 0.5) is 11.4 Å². The number of nitrogen functional groups attached to an aromatic ring is 1. The van der Waals surface area contributed by atoms with Crippen LogP contribution in [0.5, 0.6) is 0 Å². The lowest BCUT2D eigenvalue weighted by molar-refractivity contribution is -0.123. The number of pyridine rings is 1. The fourth-order valence-electron chi connectivity index (χ4n) is 1.78. The van der Waals surface area contributed by atoms with Crippen molar-refractivity contribution in [3.05, 3.63) is 16.9 Å². The largest absolute Gasteiger partial charge is 0.396 e. The van der Waals surface area contributed by atoms with Crippen molar-refractivity contribution in [2.45, 2.75) is 6.42 Å². The number of aromatic nitrogens is 1. The summed E-state index contributed by atoms with van der Waals surface area (Å²) in [5, 5.41) is 0. The van der Waals surface area contributed by atoms with Crippen molar-refractivity contribution in [3.8, 4) is 0 Å². The Morgan fingerprint density at radius 1 is 1.53 bits per heavy atom. The van der Waals surface area contributed by atoms with E-state index in [0.717, 1.165) is 0 Å². The van der Waals surface area contributed by atoms with E-state index in [2.05, 4.69) is 20.9 Å². The zero-order valence-corrected chi connectivity index (χ0v) is 10.5. The SMILES string of the molecule is NC(=O)C1CC(=O)N(c2cncc(Br)c2N)C1. The summed E-state index contributed by atoms with van der Waals surface area (Å²) in [5.41, 5.74) is 12.0. The first kappa shape index (κ1) is 11.8. The molecule has 2 heterocycles. The molecule has 1 atom stereocenters. The molecule has 0 radical (unpaired) electrons. The smallest absolute Gasteiger partial charge is 0.227 e. The molecule has 1 aromatic rings. The van der Waals surface area contributed by atoms with Crippen LogP contribution in [0.2, 0.25) is 0 Å². The zero-order chi connectivity index (χ0) is 12.6. The van der Waals surface area contributed by atoms with Gasteiger partial charge in [-0.2, -0.15) is 0 Å². The number of rotatable bonds is 2. The van der Waals surface area contributed by atoms with E-state index < -0.39 is 11.8 Å². The highest BCUT2D eigenvalue weighted by atomic mass is 79.9. The highest BCUT2D eigenvalue weighted by Crippen LogP contribution is 2.33. The molecule has 1 saturated heterocycles. The molecule has 7 heteroatoms. The fraction of sp³-hybridized carbons (Fsp3) is 0.300. The molecule has 0 aromatic carbocycles. The molecule has 1 aliphatic heterocycles. The summed E-state index contributed by atoms with van der Waals surface area (Å²) in [5.74, 6) is -1.09. The van der Waals surface area contributed by atoms with Crippen molar-refractivity contribution >= 4 is 39.1 Å². The average molecular weight is 299 g/mol. The molecule has 0 aliphatic carbocycles. The van der Waals surface area contributed by atoms with Crippen LogP contribution in [0.25, 0.3) is 0 Å². The zero-order valence-electron chi connectivity index (χ0n) is 8.89. The quantitative estimate of drug-likeness (QED) is 0.818. The molecule has 0 spiro atoms. The number of carbonyl (C=O) groups excluding carboxylic acids is 2. The lowest BCUT2D eigenvalue weighted by atomic mass is 10.1. The number of primary amides is 1. The van der Waals surface area contributed by atoms with Gasteiger partial charge in [-0.3, -0.25) is 14.6 Å². The Bertz CT molecular complexity index is 491. The molecule has 4 N–H and O–H groups in total. The normalized spacial score (nSPS) is 19.7. The van der Waals surface area contributed by atoms with Gasteiger partial charge in [0.2, 0.25) is 11.8 Å². The topological polar surface area (TPSA) is 102 Å². The van der Waals surface area contributed by atoms with E-state index in [9.17, 15) is 9.59 Å². The summed E-state index contributed by atoms with van der Waals surface area (Å²) in [6, 6.07) is 0. The summed E-state index contributed by atoms with van der Waals surface area (Å²) in [7, 11) is 0. The van der Waals surface area contributed by atoms with Gasteiger partial charge in [0.15, 0.2) is 0 Å². The Morgan fingerprint density at radius 2 is 2.24 bits per heavy atom. The maximum atomic E-state index is 11.8. The van der Waals surface area contributed by atoms with Crippen LogP contribution in [0.1, 0.15) is 6.42 Å². The highest BCUT2D eigenvalue weighted by Gasteiger charge is 2.35. The molecular formula is C10H11BrN4O2. The molecular weight excluding hydrogens is 288 g/mol. The van der Waals surface area contributed by atoms with Crippen LogP contribution >= 0.6 is 15.9 Å². The minimum Gasteiger partial charge on any atom is -0.396 e. The van der Waals surface area contributed by atoms with E-state index in [1.807, 2.05) is 0 Å². The van der Waals surface area contributed by atoms with Gasteiger partial charge in [-0.05, 0) is 15.9 Å². The predicted molar refractivity (Wildman–Crippen MR) is 66.0 cm³/mol. The van der Waals surface area contributed by atoms with Crippen molar-refractivity contribution < 1.29 is 9.59 Å². The van der Waals surface area contributed by atoms with Crippen LogP contribution in [0, 0.1) is 5.92 Å². The summed E-state index contributed by atoms with van der Waals surface area (Å²) < 4.78 is 0.616. The monoisotopic (exact) mass is 298 g/mol. The Hall–Kier alpha value is -1.63. The molecule has 6 nitrogen and oxygen atoms in total. The third-order valence-corrected chi connectivity index (χ3v) is 3.37. The molecule has 2 amide bonds. The molecule has 1 aliphatic rings. The van der Waals surface area contributed by atoms with E-state index in [0.29, 0.717) is 15.8 Å². The van der Waals surface area contributed by atoms with E-state index in [4.69, 9.17) is 11.5 Å². The van der Waals surface area contributed by atoms with E-state index >= 15 is 0 Å². The Kier molecular flexibility index (Phi) is 3.01. The van der Waals surface area contributed by atoms with E-state index in [1.165, 1.54) is 11.1 Å². The van der Waals surface area contributed by atoms with Gasteiger partial charge in [-0.25, -0.2) is 0 Å². The van der Waals surface area contributed by atoms with Crippen molar-refractivity contribution in [2.75, 3.05) is 17.2 Å². The maximum Gasteiger partial charge on any atom is 0.227 e. The predicted octanol–water partition coefficient (Wildman–Crippen LogP) is 0.264. The third kappa shape index (κ3) is 2.10. The molecule has 0 saturated carbocycles.